The van der Waals surface area contributed by atoms with Crippen LogP contribution in [0.4, 0.5) is 5.95 Å². The Morgan fingerprint density at radius 3 is 2.38 bits per heavy atom. The highest BCUT2D eigenvalue weighted by Crippen LogP contribution is 2.38. The zero-order valence-corrected chi connectivity index (χ0v) is 22.3. The van der Waals surface area contributed by atoms with Crippen molar-refractivity contribution >= 4 is 50.1 Å². The monoisotopic (exact) mass is 568 g/mol. The van der Waals surface area contributed by atoms with Crippen molar-refractivity contribution in [3.63, 3.8) is 0 Å². The molecule has 2 heterocycles. The number of anilines is 1. The number of hydrazone groups is 1. The van der Waals surface area contributed by atoms with Gasteiger partial charge in [-0.1, -0.05) is 70.0 Å². The third-order valence-corrected chi connectivity index (χ3v) is 7.23. The first kappa shape index (κ1) is 23.6. The van der Waals surface area contributed by atoms with Gasteiger partial charge in [0.2, 0.25) is 5.95 Å². The van der Waals surface area contributed by atoms with Crippen LogP contribution < -0.4 is 9.75 Å². The second-order valence-corrected chi connectivity index (χ2v) is 10.1. The van der Waals surface area contributed by atoms with E-state index in [0.717, 1.165) is 55.6 Å². The largest absolute Gasteiger partial charge is 0.497 e. The maximum absolute atomic E-state index is 6.17. The summed E-state index contributed by atoms with van der Waals surface area (Å²) in [6, 6.07) is 32.1. The van der Waals surface area contributed by atoms with Crippen LogP contribution in [0.5, 0.6) is 5.75 Å². The lowest BCUT2D eigenvalue weighted by Gasteiger charge is -2.23. The van der Waals surface area contributed by atoms with E-state index in [1.165, 1.54) is 0 Å². The number of para-hydroxylation sites is 1. The van der Waals surface area contributed by atoms with Crippen LogP contribution in [0.1, 0.15) is 23.6 Å². The zero-order valence-electron chi connectivity index (χ0n) is 20.0. The molecular weight excluding hydrogens is 548 g/mol. The number of aromatic nitrogens is 2. The molecule has 0 saturated heterocycles. The number of methoxy groups -OCH3 is 1. The second-order valence-electron chi connectivity index (χ2n) is 8.79. The van der Waals surface area contributed by atoms with Crippen LogP contribution in [-0.2, 0) is 0 Å². The summed E-state index contributed by atoms with van der Waals surface area (Å²) in [6.45, 7) is 0. The Balaban J connectivity index is 1.51. The van der Waals surface area contributed by atoms with Crippen LogP contribution in [0.3, 0.4) is 0 Å². The van der Waals surface area contributed by atoms with E-state index in [4.69, 9.17) is 31.4 Å². The fraction of sp³-hybridized carbons (Fsp3) is 0.100. The molecule has 5 nitrogen and oxygen atoms in total. The molecule has 0 spiro atoms. The molecule has 182 valence electrons. The molecule has 0 N–H and O–H groups in total. The first-order valence-corrected chi connectivity index (χ1v) is 13.1. The molecule has 1 aliphatic heterocycles. The normalized spacial score (nSPS) is 15.2. The van der Waals surface area contributed by atoms with Crippen LogP contribution in [0.2, 0.25) is 5.02 Å². The number of hydrogen-bond donors (Lipinski definition) is 0. The minimum absolute atomic E-state index is 0.0613. The Morgan fingerprint density at radius 1 is 0.865 bits per heavy atom. The van der Waals surface area contributed by atoms with Crippen LogP contribution >= 0.6 is 27.5 Å². The molecule has 0 saturated carbocycles. The molecule has 6 rings (SSSR count). The highest BCUT2D eigenvalue weighted by Gasteiger charge is 2.32. The summed E-state index contributed by atoms with van der Waals surface area (Å²) in [5.74, 6) is 1.37. The fourth-order valence-corrected chi connectivity index (χ4v) is 5.16. The first-order valence-electron chi connectivity index (χ1n) is 11.9. The number of nitrogens with zero attached hydrogens (tertiary/aromatic N) is 4. The molecule has 1 atom stereocenters. The summed E-state index contributed by atoms with van der Waals surface area (Å²) in [5.41, 5.74) is 5.82. The number of ether oxygens (including phenoxy) is 1. The molecule has 0 amide bonds. The van der Waals surface area contributed by atoms with E-state index in [1.807, 2.05) is 89.9 Å². The van der Waals surface area contributed by atoms with Gasteiger partial charge < -0.3 is 4.74 Å². The van der Waals surface area contributed by atoms with E-state index in [9.17, 15) is 0 Å². The summed E-state index contributed by atoms with van der Waals surface area (Å²) < 4.78 is 6.36. The predicted molar refractivity (Wildman–Crippen MR) is 153 cm³/mol. The summed E-state index contributed by atoms with van der Waals surface area (Å²) >= 11 is 9.80. The SMILES string of the molecule is COc1ccc(C2=NN(c3nc(-c4ccc(Cl)cc4)c4ccccc4n3)[C@H](c3cccc(Br)c3)C2)cc1. The number of rotatable bonds is 5. The van der Waals surface area contributed by atoms with Crippen molar-refractivity contribution in [3.8, 4) is 17.0 Å². The molecule has 0 fully saturated rings. The van der Waals surface area contributed by atoms with Crippen molar-refractivity contribution in [3.05, 3.63) is 118 Å². The highest BCUT2D eigenvalue weighted by molar-refractivity contribution is 9.10. The third kappa shape index (κ3) is 4.70. The Kier molecular flexibility index (Phi) is 6.37. The molecule has 0 bridgehead atoms. The molecule has 37 heavy (non-hydrogen) atoms. The van der Waals surface area contributed by atoms with Gasteiger partial charge in [-0.3, -0.25) is 0 Å². The fourth-order valence-electron chi connectivity index (χ4n) is 4.62. The molecule has 0 radical (unpaired) electrons. The van der Waals surface area contributed by atoms with Gasteiger partial charge in [-0.2, -0.15) is 5.10 Å². The number of fused-ring (bicyclic) bond motifs is 1. The first-order chi connectivity index (χ1) is 18.1. The van der Waals surface area contributed by atoms with Gasteiger partial charge in [0.05, 0.1) is 30.1 Å². The van der Waals surface area contributed by atoms with Crippen LogP contribution in [0, 0.1) is 0 Å². The Bertz CT molecular complexity index is 1620. The molecule has 7 heteroatoms. The number of hydrogen-bond acceptors (Lipinski definition) is 5. The van der Waals surface area contributed by atoms with Crippen LogP contribution in [0.25, 0.3) is 22.2 Å². The molecule has 0 unspecified atom stereocenters. The van der Waals surface area contributed by atoms with Crippen molar-refractivity contribution in [2.45, 2.75) is 12.5 Å². The minimum atomic E-state index is -0.0613. The van der Waals surface area contributed by atoms with E-state index in [0.29, 0.717) is 11.0 Å². The molecule has 0 aliphatic carbocycles. The topological polar surface area (TPSA) is 50.6 Å². The van der Waals surface area contributed by atoms with E-state index < -0.39 is 0 Å². The van der Waals surface area contributed by atoms with Gasteiger partial charge in [-0.25, -0.2) is 15.0 Å². The van der Waals surface area contributed by atoms with E-state index >= 15 is 0 Å². The van der Waals surface area contributed by atoms with Gasteiger partial charge in [-0.15, -0.1) is 0 Å². The average Bonchev–Trinajstić information content (AvgIpc) is 3.39. The quantitative estimate of drug-likeness (QED) is 0.215. The van der Waals surface area contributed by atoms with Gasteiger partial charge in [0.1, 0.15) is 5.75 Å². The lowest BCUT2D eigenvalue weighted by molar-refractivity contribution is 0.415. The predicted octanol–water partition coefficient (Wildman–Crippen LogP) is 8.08. The van der Waals surface area contributed by atoms with Crippen molar-refractivity contribution in [2.75, 3.05) is 12.1 Å². The zero-order chi connectivity index (χ0) is 25.4. The summed E-state index contributed by atoms with van der Waals surface area (Å²) in [6.07, 6.45) is 0.718. The lowest BCUT2D eigenvalue weighted by Crippen LogP contribution is -2.21. The van der Waals surface area contributed by atoms with Gasteiger partial charge in [0, 0.05) is 26.9 Å². The maximum Gasteiger partial charge on any atom is 0.247 e. The number of halogens is 2. The van der Waals surface area contributed by atoms with E-state index in [1.54, 1.807) is 7.11 Å². The van der Waals surface area contributed by atoms with Crippen molar-refractivity contribution in [1.29, 1.82) is 0 Å². The maximum atomic E-state index is 6.17. The minimum Gasteiger partial charge on any atom is -0.497 e. The number of benzene rings is 4. The second kappa shape index (κ2) is 9.96. The highest BCUT2D eigenvalue weighted by atomic mass is 79.9. The summed E-state index contributed by atoms with van der Waals surface area (Å²) in [4.78, 5) is 10.0. The van der Waals surface area contributed by atoms with E-state index in [-0.39, 0.29) is 6.04 Å². The third-order valence-electron chi connectivity index (χ3n) is 6.48. The van der Waals surface area contributed by atoms with Gasteiger partial charge in [-0.05, 0) is 65.7 Å². The van der Waals surface area contributed by atoms with Crippen molar-refractivity contribution in [1.82, 2.24) is 9.97 Å². The van der Waals surface area contributed by atoms with Gasteiger partial charge in [0.25, 0.3) is 0 Å². The summed E-state index contributed by atoms with van der Waals surface area (Å²) in [5, 5.41) is 8.69. The molecule has 4 aromatic carbocycles. The van der Waals surface area contributed by atoms with Crippen LogP contribution in [-0.4, -0.2) is 22.8 Å². The molecule has 5 aromatic rings. The smallest absolute Gasteiger partial charge is 0.247 e. The van der Waals surface area contributed by atoms with Crippen molar-refractivity contribution in [2.24, 2.45) is 5.10 Å². The Morgan fingerprint density at radius 2 is 1.62 bits per heavy atom. The average molecular weight is 570 g/mol. The molecule has 1 aliphatic rings. The van der Waals surface area contributed by atoms with Crippen molar-refractivity contribution < 1.29 is 4.74 Å². The van der Waals surface area contributed by atoms with Gasteiger partial charge in [0.15, 0.2) is 0 Å². The van der Waals surface area contributed by atoms with Gasteiger partial charge >= 0.3 is 0 Å². The Labute approximate surface area is 228 Å². The standard InChI is InChI=1S/C30H22BrClN4O/c1-37-24-15-11-19(12-16-24)27-18-28(21-5-4-6-22(31)17-21)36(35-27)30-33-26-8-3-2-7-25(26)29(34-30)20-9-13-23(32)14-10-20/h2-17,28H,18H2,1H3/t28-/m0/s1. The molecular formula is C30H22BrClN4O. The van der Waals surface area contributed by atoms with Crippen LogP contribution in [0.15, 0.2) is 107 Å². The Hall–Kier alpha value is -3.74. The van der Waals surface area contributed by atoms with E-state index in [2.05, 4.69) is 28.1 Å². The lowest BCUT2D eigenvalue weighted by atomic mass is 9.98. The molecule has 1 aromatic heterocycles. The summed E-state index contributed by atoms with van der Waals surface area (Å²) in [7, 11) is 1.67.